The average molecular weight is 262 g/mol. The summed E-state index contributed by atoms with van der Waals surface area (Å²) in [6.07, 6.45) is 3.71. The summed E-state index contributed by atoms with van der Waals surface area (Å²) >= 11 is 0. The lowest BCUT2D eigenvalue weighted by molar-refractivity contribution is 0.329. The first kappa shape index (κ1) is 16.2. The molecule has 1 aromatic carbocycles. The molecule has 0 bridgehead atoms. The molecule has 1 N–H and O–H groups in total. The van der Waals surface area contributed by atoms with Crippen LogP contribution in [-0.4, -0.2) is 38.6 Å². The van der Waals surface area contributed by atoms with Crippen LogP contribution in [0.1, 0.15) is 35.1 Å². The van der Waals surface area contributed by atoms with Gasteiger partial charge in [0.1, 0.15) is 0 Å². The first-order valence-corrected chi connectivity index (χ1v) is 7.45. The summed E-state index contributed by atoms with van der Waals surface area (Å²) in [5, 5.41) is 3.20. The van der Waals surface area contributed by atoms with Gasteiger partial charge in [-0.25, -0.2) is 0 Å². The monoisotopic (exact) mass is 262 g/mol. The molecule has 1 aromatic rings. The molecule has 0 amide bonds. The van der Waals surface area contributed by atoms with Gasteiger partial charge in [0.25, 0.3) is 0 Å². The van der Waals surface area contributed by atoms with E-state index < -0.39 is 0 Å². The van der Waals surface area contributed by atoms with Crippen LogP contribution in [0, 0.1) is 20.8 Å². The highest BCUT2D eigenvalue weighted by Crippen LogP contribution is 2.17. The van der Waals surface area contributed by atoms with E-state index in [2.05, 4.69) is 50.2 Å². The number of nitrogens with zero attached hydrogens (tertiary/aromatic N) is 1. The third kappa shape index (κ3) is 5.33. The molecular formula is C17H30N2. The fourth-order valence-corrected chi connectivity index (χ4v) is 2.39. The minimum absolute atomic E-state index is 1.13. The summed E-state index contributed by atoms with van der Waals surface area (Å²) in [5.41, 5.74) is 5.84. The molecule has 0 saturated carbocycles. The molecular weight excluding hydrogens is 232 g/mol. The van der Waals surface area contributed by atoms with Crippen LogP contribution in [0.3, 0.4) is 0 Å². The molecule has 0 radical (unpaired) electrons. The summed E-state index contributed by atoms with van der Waals surface area (Å²) in [4.78, 5) is 2.45. The zero-order valence-electron chi connectivity index (χ0n) is 13.3. The molecule has 0 aliphatic rings. The van der Waals surface area contributed by atoms with E-state index in [0.717, 1.165) is 19.5 Å². The van der Waals surface area contributed by atoms with Gasteiger partial charge in [0, 0.05) is 6.54 Å². The molecule has 1 rings (SSSR count). The molecule has 0 atom stereocenters. The van der Waals surface area contributed by atoms with Crippen LogP contribution < -0.4 is 5.32 Å². The van der Waals surface area contributed by atoms with Gasteiger partial charge in [-0.3, -0.25) is 0 Å². The van der Waals surface area contributed by atoms with Gasteiger partial charge in [0.15, 0.2) is 0 Å². The van der Waals surface area contributed by atoms with Crippen LogP contribution in [-0.2, 0) is 6.42 Å². The topological polar surface area (TPSA) is 15.3 Å². The fourth-order valence-electron chi connectivity index (χ4n) is 2.39. The van der Waals surface area contributed by atoms with Gasteiger partial charge in [-0.05, 0) is 89.5 Å². The van der Waals surface area contributed by atoms with Gasteiger partial charge in [0.05, 0.1) is 0 Å². The molecule has 108 valence electrons. The van der Waals surface area contributed by atoms with E-state index in [4.69, 9.17) is 0 Å². The van der Waals surface area contributed by atoms with E-state index in [0.29, 0.717) is 0 Å². The quantitative estimate of drug-likeness (QED) is 0.724. The second-order valence-electron chi connectivity index (χ2n) is 5.66. The van der Waals surface area contributed by atoms with Gasteiger partial charge in [-0.15, -0.1) is 0 Å². The number of benzene rings is 1. The molecule has 2 heteroatoms. The Morgan fingerprint density at radius 3 is 2.42 bits per heavy atom. The highest BCUT2D eigenvalue weighted by Gasteiger charge is 2.05. The van der Waals surface area contributed by atoms with Crippen molar-refractivity contribution in [2.45, 2.75) is 40.0 Å². The molecule has 0 unspecified atom stereocenters. The van der Waals surface area contributed by atoms with Crippen molar-refractivity contribution in [1.82, 2.24) is 10.2 Å². The predicted molar refractivity (Wildman–Crippen MR) is 85.0 cm³/mol. The van der Waals surface area contributed by atoms with Crippen molar-refractivity contribution in [3.63, 3.8) is 0 Å². The van der Waals surface area contributed by atoms with Gasteiger partial charge in [0.2, 0.25) is 0 Å². The Kier molecular flexibility index (Phi) is 7.11. The number of hydrogen-bond donors (Lipinski definition) is 1. The summed E-state index contributed by atoms with van der Waals surface area (Å²) in [5.74, 6) is 0. The second kappa shape index (κ2) is 8.34. The summed E-state index contributed by atoms with van der Waals surface area (Å²) in [6, 6.07) is 4.55. The normalized spacial score (nSPS) is 11.3. The Bertz CT molecular complexity index is 385. The van der Waals surface area contributed by atoms with E-state index in [1.807, 2.05) is 7.05 Å². The van der Waals surface area contributed by atoms with Gasteiger partial charge in [-0.2, -0.15) is 0 Å². The largest absolute Gasteiger partial charge is 0.320 e. The Hall–Kier alpha value is -0.860. The van der Waals surface area contributed by atoms with Crippen molar-refractivity contribution >= 4 is 0 Å². The molecule has 0 fully saturated rings. The zero-order chi connectivity index (χ0) is 14.3. The van der Waals surface area contributed by atoms with Crippen molar-refractivity contribution < 1.29 is 0 Å². The molecule has 0 aromatic heterocycles. The van der Waals surface area contributed by atoms with Crippen molar-refractivity contribution in [2.24, 2.45) is 0 Å². The van der Waals surface area contributed by atoms with Crippen LogP contribution in [0.25, 0.3) is 0 Å². The number of unbranched alkanes of at least 4 members (excludes halogenated alkanes) is 1. The number of rotatable bonds is 8. The van der Waals surface area contributed by atoms with E-state index in [1.165, 1.54) is 41.6 Å². The predicted octanol–water partition coefficient (Wildman–Crippen LogP) is 3.09. The lowest BCUT2D eigenvalue weighted by Gasteiger charge is -2.18. The summed E-state index contributed by atoms with van der Waals surface area (Å²) in [6.45, 7) is 10.2. The molecule has 0 spiro atoms. The van der Waals surface area contributed by atoms with Gasteiger partial charge in [-0.1, -0.05) is 12.1 Å². The highest BCUT2D eigenvalue weighted by molar-refractivity contribution is 5.38. The Labute approximate surface area is 119 Å². The second-order valence-corrected chi connectivity index (χ2v) is 5.66. The standard InChI is InChI=1S/C17H30N2/c1-14-8-9-17(16(3)15(14)2)10-13-19(5)12-7-6-11-18-4/h8-9,18H,6-7,10-13H2,1-5H3. The fraction of sp³-hybridized carbons (Fsp3) is 0.647. The molecule has 2 nitrogen and oxygen atoms in total. The first-order chi connectivity index (χ1) is 9.06. The maximum absolute atomic E-state index is 3.20. The molecule has 0 saturated heterocycles. The summed E-state index contributed by atoms with van der Waals surface area (Å²) < 4.78 is 0. The van der Waals surface area contributed by atoms with Crippen LogP contribution in [0.2, 0.25) is 0 Å². The first-order valence-electron chi connectivity index (χ1n) is 7.45. The number of aryl methyl sites for hydroxylation is 1. The van der Waals surface area contributed by atoms with Crippen molar-refractivity contribution in [3.8, 4) is 0 Å². The number of likely N-dealkylation sites (N-methyl/N-ethyl adjacent to an activating group) is 1. The van der Waals surface area contributed by atoms with E-state index in [1.54, 1.807) is 0 Å². The van der Waals surface area contributed by atoms with Gasteiger partial charge >= 0.3 is 0 Å². The average Bonchev–Trinajstić information content (AvgIpc) is 2.40. The smallest absolute Gasteiger partial charge is 0.00189 e. The number of hydrogen-bond acceptors (Lipinski definition) is 2. The van der Waals surface area contributed by atoms with Crippen molar-refractivity contribution in [1.29, 1.82) is 0 Å². The molecule has 0 aliphatic carbocycles. The maximum atomic E-state index is 3.20. The Morgan fingerprint density at radius 1 is 1.00 bits per heavy atom. The minimum atomic E-state index is 1.13. The van der Waals surface area contributed by atoms with Crippen LogP contribution in [0.5, 0.6) is 0 Å². The van der Waals surface area contributed by atoms with E-state index >= 15 is 0 Å². The maximum Gasteiger partial charge on any atom is 0.00189 e. The SMILES string of the molecule is CNCCCCN(C)CCc1ccc(C)c(C)c1C. The number of nitrogens with one attached hydrogen (secondary N) is 1. The van der Waals surface area contributed by atoms with Crippen LogP contribution in [0.15, 0.2) is 12.1 Å². The van der Waals surface area contributed by atoms with Crippen LogP contribution >= 0.6 is 0 Å². The molecule has 19 heavy (non-hydrogen) atoms. The lowest BCUT2D eigenvalue weighted by Crippen LogP contribution is -2.23. The zero-order valence-corrected chi connectivity index (χ0v) is 13.3. The minimum Gasteiger partial charge on any atom is -0.320 e. The third-order valence-electron chi connectivity index (χ3n) is 4.15. The van der Waals surface area contributed by atoms with E-state index in [9.17, 15) is 0 Å². The lowest BCUT2D eigenvalue weighted by atomic mass is 9.97. The van der Waals surface area contributed by atoms with Crippen molar-refractivity contribution in [2.75, 3.05) is 33.7 Å². The van der Waals surface area contributed by atoms with E-state index in [-0.39, 0.29) is 0 Å². The Balaban J connectivity index is 2.38. The Morgan fingerprint density at radius 2 is 1.74 bits per heavy atom. The van der Waals surface area contributed by atoms with Gasteiger partial charge < -0.3 is 10.2 Å². The summed E-state index contributed by atoms with van der Waals surface area (Å²) in [7, 11) is 4.25. The van der Waals surface area contributed by atoms with Crippen LogP contribution in [0.4, 0.5) is 0 Å². The highest BCUT2D eigenvalue weighted by atomic mass is 15.1. The molecule has 0 aliphatic heterocycles. The van der Waals surface area contributed by atoms with Crippen molar-refractivity contribution in [3.05, 3.63) is 34.4 Å². The third-order valence-corrected chi connectivity index (χ3v) is 4.15. The molecule has 0 heterocycles.